The summed E-state index contributed by atoms with van der Waals surface area (Å²) in [5, 5.41) is 12.7. The van der Waals surface area contributed by atoms with Crippen molar-refractivity contribution in [3.63, 3.8) is 0 Å². The van der Waals surface area contributed by atoms with Crippen molar-refractivity contribution in [2.75, 3.05) is 6.54 Å². The standard InChI is InChI=1S/C9H11N5/c10-2-1-3-13-4-5-14-9(13)6-8(7-11)12-14/h4-6H,1-3,10H2. The second-order valence-electron chi connectivity index (χ2n) is 3.08. The number of aryl methyl sites for hydroxylation is 1. The summed E-state index contributed by atoms with van der Waals surface area (Å²) in [5.41, 5.74) is 6.82. The smallest absolute Gasteiger partial charge is 0.165 e. The van der Waals surface area contributed by atoms with Gasteiger partial charge in [-0.3, -0.25) is 0 Å². The molecule has 2 N–H and O–H groups in total. The Balaban J connectivity index is 2.36. The molecule has 14 heavy (non-hydrogen) atoms. The van der Waals surface area contributed by atoms with E-state index in [1.807, 2.05) is 23.0 Å². The zero-order valence-electron chi connectivity index (χ0n) is 7.72. The Morgan fingerprint density at radius 2 is 2.36 bits per heavy atom. The molecule has 0 fully saturated rings. The van der Waals surface area contributed by atoms with E-state index in [4.69, 9.17) is 11.0 Å². The summed E-state index contributed by atoms with van der Waals surface area (Å²) < 4.78 is 3.75. The van der Waals surface area contributed by atoms with Crippen LogP contribution in [-0.4, -0.2) is 20.7 Å². The molecular formula is C9H11N5. The highest BCUT2D eigenvalue weighted by molar-refractivity contribution is 5.44. The van der Waals surface area contributed by atoms with Crippen LogP contribution in [0.1, 0.15) is 12.1 Å². The Kier molecular flexibility index (Phi) is 2.21. The molecule has 2 aromatic rings. The van der Waals surface area contributed by atoms with E-state index < -0.39 is 0 Å². The Morgan fingerprint density at radius 1 is 1.50 bits per heavy atom. The summed E-state index contributed by atoms with van der Waals surface area (Å²) in [5.74, 6) is 0. The molecule has 0 aliphatic carbocycles. The number of fused-ring (bicyclic) bond motifs is 1. The normalized spacial score (nSPS) is 10.6. The van der Waals surface area contributed by atoms with Crippen molar-refractivity contribution in [3.8, 4) is 6.07 Å². The topological polar surface area (TPSA) is 72.0 Å². The molecule has 0 aliphatic heterocycles. The monoisotopic (exact) mass is 189 g/mol. The first kappa shape index (κ1) is 8.78. The zero-order valence-corrected chi connectivity index (χ0v) is 7.72. The molecule has 72 valence electrons. The average Bonchev–Trinajstić information content (AvgIpc) is 2.74. The van der Waals surface area contributed by atoms with E-state index in [0.29, 0.717) is 12.2 Å². The van der Waals surface area contributed by atoms with Gasteiger partial charge in [-0.1, -0.05) is 0 Å². The van der Waals surface area contributed by atoms with Crippen LogP contribution in [0.4, 0.5) is 0 Å². The molecule has 0 aromatic carbocycles. The molecule has 0 radical (unpaired) electrons. The fraction of sp³-hybridized carbons (Fsp3) is 0.333. The molecule has 2 heterocycles. The van der Waals surface area contributed by atoms with E-state index in [-0.39, 0.29) is 0 Å². The van der Waals surface area contributed by atoms with E-state index in [1.165, 1.54) is 0 Å². The van der Waals surface area contributed by atoms with Crippen molar-refractivity contribution in [2.45, 2.75) is 13.0 Å². The molecular weight excluding hydrogens is 178 g/mol. The van der Waals surface area contributed by atoms with Crippen LogP contribution < -0.4 is 5.73 Å². The second kappa shape index (κ2) is 3.52. The number of rotatable bonds is 3. The molecule has 0 unspecified atom stereocenters. The lowest BCUT2D eigenvalue weighted by Crippen LogP contribution is -2.04. The number of nitrogens with two attached hydrogens (primary N) is 1. The Labute approximate surface area is 81.3 Å². The van der Waals surface area contributed by atoms with E-state index >= 15 is 0 Å². The zero-order chi connectivity index (χ0) is 9.97. The maximum Gasteiger partial charge on any atom is 0.165 e. The molecule has 5 heteroatoms. The molecule has 0 aliphatic rings. The van der Waals surface area contributed by atoms with Crippen LogP contribution >= 0.6 is 0 Å². The number of nitriles is 1. The first-order chi connectivity index (χ1) is 6.85. The SMILES string of the molecule is N#Cc1cc2n(CCCN)ccn2n1. The van der Waals surface area contributed by atoms with Crippen LogP contribution in [0.3, 0.4) is 0 Å². The largest absolute Gasteiger partial charge is 0.331 e. The van der Waals surface area contributed by atoms with Crippen LogP contribution in [-0.2, 0) is 6.54 Å². The minimum absolute atomic E-state index is 0.446. The third-order valence-electron chi connectivity index (χ3n) is 2.12. The molecule has 0 bridgehead atoms. The second-order valence-corrected chi connectivity index (χ2v) is 3.08. The summed E-state index contributed by atoms with van der Waals surface area (Å²) >= 11 is 0. The maximum absolute atomic E-state index is 8.67. The van der Waals surface area contributed by atoms with E-state index in [1.54, 1.807) is 10.6 Å². The highest BCUT2D eigenvalue weighted by Crippen LogP contribution is 2.07. The Morgan fingerprint density at radius 3 is 3.07 bits per heavy atom. The number of imidazole rings is 1. The van der Waals surface area contributed by atoms with Gasteiger partial charge in [0.2, 0.25) is 0 Å². The van der Waals surface area contributed by atoms with Crippen molar-refractivity contribution >= 4 is 5.65 Å². The summed E-state index contributed by atoms with van der Waals surface area (Å²) in [6, 6.07) is 3.79. The summed E-state index contributed by atoms with van der Waals surface area (Å²) in [6.45, 7) is 1.53. The Bertz CT molecular complexity index is 473. The summed E-state index contributed by atoms with van der Waals surface area (Å²) in [4.78, 5) is 0. The fourth-order valence-electron chi connectivity index (χ4n) is 1.43. The molecule has 0 saturated heterocycles. The quantitative estimate of drug-likeness (QED) is 0.757. The predicted octanol–water partition coefficient (Wildman–Crippen LogP) is 0.356. The van der Waals surface area contributed by atoms with Crippen molar-refractivity contribution in [1.82, 2.24) is 14.2 Å². The van der Waals surface area contributed by atoms with Gasteiger partial charge in [0.25, 0.3) is 0 Å². The number of aromatic nitrogens is 3. The molecule has 0 spiro atoms. The van der Waals surface area contributed by atoms with Gasteiger partial charge < -0.3 is 10.3 Å². The van der Waals surface area contributed by atoms with Gasteiger partial charge in [0.15, 0.2) is 5.69 Å². The van der Waals surface area contributed by atoms with Gasteiger partial charge in [-0.15, -0.1) is 0 Å². The number of nitrogens with zero attached hydrogens (tertiary/aromatic N) is 4. The van der Waals surface area contributed by atoms with Crippen LogP contribution in [0.25, 0.3) is 5.65 Å². The van der Waals surface area contributed by atoms with E-state index in [9.17, 15) is 0 Å². The predicted molar refractivity (Wildman–Crippen MR) is 51.6 cm³/mol. The van der Waals surface area contributed by atoms with Crippen molar-refractivity contribution < 1.29 is 0 Å². The minimum Gasteiger partial charge on any atom is -0.331 e. The molecule has 0 atom stereocenters. The highest BCUT2D eigenvalue weighted by atomic mass is 15.3. The van der Waals surface area contributed by atoms with E-state index in [0.717, 1.165) is 18.6 Å². The molecule has 0 saturated carbocycles. The lowest BCUT2D eigenvalue weighted by molar-refractivity contribution is 0.667. The summed E-state index contributed by atoms with van der Waals surface area (Å²) in [6.07, 6.45) is 4.71. The van der Waals surface area contributed by atoms with Crippen LogP contribution in [0.2, 0.25) is 0 Å². The van der Waals surface area contributed by atoms with Crippen LogP contribution in [0, 0.1) is 11.3 Å². The van der Waals surface area contributed by atoms with Gasteiger partial charge in [-0.05, 0) is 13.0 Å². The average molecular weight is 189 g/mol. The molecule has 0 amide bonds. The van der Waals surface area contributed by atoms with Gasteiger partial charge in [-0.25, -0.2) is 4.52 Å². The van der Waals surface area contributed by atoms with Gasteiger partial charge in [0.05, 0.1) is 0 Å². The maximum atomic E-state index is 8.67. The lowest BCUT2D eigenvalue weighted by atomic mass is 10.4. The first-order valence-corrected chi connectivity index (χ1v) is 4.50. The van der Waals surface area contributed by atoms with Crippen molar-refractivity contribution in [2.24, 2.45) is 5.73 Å². The van der Waals surface area contributed by atoms with Crippen molar-refractivity contribution in [1.29, 1.82) is 5.26 Å². The lowest BCUT2D eigenvalue weighted by Gasteiger charge is -1.99. The number of hydrogen-bond acceptors (Lipinski definition) is 3. The third-order valence-corrected chi connectivity index (χ3v) is 2.12. The number of hydrogen-bond donors (Lipinski definition) is 1. The minimum atomic E-state index is 0.446. The fourth-order valence-corrected chi connectivity index (χ4v) is 1.43. The summed E-state index contributed by atoms with van der Waals surface area (Å²) in [7, 11) is 0. The van der Waals surface area contributed by atoms with Gasteiger partial charge in [0.1, 0.15) is 11.7 Å². The highest BCUT2D eigenvalue weighted by Gasteiger charge is 2.04. The van der Waals surface area contributed by atoms with Crippen LogP contribution in [0.15, 0.2) is 18.5 Å². The van der Waals surface area contributed by atoms with Crippen LogP contribution in [0.5, 0.6) is 0 Å². The van der Waals surface area contributed by atoms with Crippen molar-refractivity contribution in [3.05, 3.63) is 24.2 Å². The molecule has 2 aromatic heterocycles. The first-order valence-electron chi connectivity index (χ1n) is 4.50. The molecule has 2 rings (SSSR count). The van der Waals surface area contributed by atoms with Gasteiger partial charge in [-0.2, -0.15) is 10.4 Å². The Hall–Kier alpha value is -1.80. The van der Waals surface area contributed by atoms with Gasteiger partial charge in [0, 0.05) is 25.0 Å². The molecule has 5 nitrogen and oxygen atoms in total. The van der Waals surface area contributed by atoms with E-state index in [2.05, 4.69) is 5.10 Å². The third kappa shape index (κ3) is 1.36. The van der Waals surface area contributed by atoms with Gasteiger partial charge >= 0.3 is 0 Å².